The molecule has 20 heavy (non-hydrogen) atoms. The molecule has 3 N–H and O–H groups in total. The van der Waals surface area contributed by atoms with Gasteiger partial charge in [0.1, 0.15) is 0 Å². The third-order valence-corrected chi connectivity index (χ3v) is 4.14. The van der Waals surface area contributed by atoms with E-state index in [9.17, 15) is 0 Å². The van der Waals surface area contributed by atoms with Crippen molar-refractivity contribution in [1.29, 1.82) is 0 Å². The summed E-state index contributed by atoms with van der Waals surface area (Å²) in [5, 5.41) is 28.7. The van der Waals surface area contributed by atoms with E-state index < -0.39 is 11.2 Å². The van der Waals surface area contributed by atoms with Crippen molar-refractivity contribution in [2.45, 2.75) is 38.9 Å². The highest BCUT2D eigenvalue weighted by Crippen LogP contribution is 2.30. The summed E-state index contributed by atoms with van der Waals surface area (Å²) in [5.74, 6) is 0. The fraction of sp³-hybridized carbons (Fsp3) is 0.429. The molecule has 1 heterocycles. The van der Waals surface area contributed by atoms with Gasteiger partial charge < -0.3 is 19.9 Å². The molecule has 0 aliphatic rings. The molecule has 0 atom stereocenters. The summed E-state index contributed by atoms with van der Waals surface area (Å²) in [4.78, 5) is 0. The first-order valence-corrected chi connectivity index (χ1v) is 7.14. The minimum absolute atomic E-state index is 0.257. The Labute approximate surface area is 124 Å². The van der Waals surface area contributed by atoms with Gasteiger partial charge in [0, 0.05) is 4.70 Å². The maximum atomic E-state index is 9.10. The molecule has 0 spiro atoms. The van der Waals surface area contributed by atoms with Crippen molar-refractivity contribution in [3.63, 3.8) is 0 Å². The predicted molar refractivity (Wildman–Crippen MR) is 84.4 cm³/mol. The van der Waals surface area contributed by atoms with E-state index in [1.54, 1.807) is 27.7 Å². The highest BCUT2D eigenvalue weighted by molar-refractivity contribution is 7.20. The second-order valence-electron chi connectivity index (χ2n) is 5.49. The largest absolute Gasteiger partial charge is 0.531 e. The molecule has 0 aliphatic carbocycles. The van der Waals surface area contributed by atoms with Crippen LogP contribution in [0.1, 0.15) is 27.7 Å². The molecular weight excluding hydrogens is 275 g/mol. The van der Waals surface area contributed by atoms with E-state index in [4.69, 9.17) is 19.9 Å². The van der Waals surface area contributed by atoms with Crippen molar-refractivity contribution in [2.24, 2.45) is 0 Å². The highest BCUT2D eigenvalue weighted by atomic mass is 32.1. The first-order chi connectivity index (χ1) is 9.15. The van der Waals surface area contributed by atoms with E-state index in [0.29, 0.717) is 0 Å². The quantitative estimate of drug-likeness (QED) is 0.758. The molecule has 0 radical (unpaired) electrons. The monoisotopic (exact) mass is 296 g/mol. The zero-order valence-corrected chi connectivity index (χ0v) is 13.1. The summed E-state index contributed by atoms with van der Waals surface area (Å²) in [7, 11) is -0.257. The molecule has 110 valence electrons. The van der Waals surface area contributed by atoms with Crippen molar-refractivity contribution in [3.05, 3.63) is 30.3 Å². The smallest absolute Gasteiger partial charge is 0.504 e. The van der Waals surface area contributed by atoms with Gasteiger partial charge in [-0.25, -0.2) is 0 Å². The Morgan fingerprint density at radius 1 is 1.05 bits per heavy atom. The molecule has 0 saturated heterocycles. The van der Waals surface area contributed by atoms with Crippen LogP contribution in [0, 0.1) is 0 Å². The Bertz CT molecular complexity index is 495. The average molecular weight is 296 g/mol. The van der Waals surface area contributed by atoms with Crippen molar-refractivity contribution >= 4 is 29.1 Å². The lowest BCUT2D eigenvalue weighted by molar-refractivity contribution is -0.107. The summed E-state index contributed by atoms with van der Waals surface area (Å²) in [6.45, 7) is 6.31. The second-order valence-corrected chi connectivity index (χ2v) is 6.54. The van der Waals surface area contributed by atoms with Gasteiger partial charge in [-0.2, -0.15) is 0 Å². The number of fused-ring (bicyclic) bond motifs is 1. The van der Waals surface area contributed by atoms with E-state index in [2.05, 4.69) is 0 Å². The summed E-state index contributed by atoms with van der Waals surface area (Å²) < 4.78 is 6.15. The van der Waals surface area contributed by atoms with Crippen molar-refractivity contribution in [3.8, 4) is 5.06 Å². The van der Waals surface area contributed by atoms with Gasteiger partial charge >= 0.3 is 7.69 Å². The molecule has 2 rings (SSSR count). The molecule has 0 saturated carbocycles. The van der Waals surface area contributed by atoms with Crippen LogP contribution in [-0.4, -0.2) is 34.1 Å². The number of thiophene rings is 1. The highest BCUT2D eigenvalue weighted by Gasteiger charge is 2.31. The van der Waals surface area contributed by atoms with Crippen LogP contribution in [0.3, 0.4) is 0 Å². The molecule has 0 unspecified atom stereocenters. The van der Waals surface area contributed by atoms with Gasteiger partial charge in [-0.1, -0.05) is 18.2 Å². The Balaban J connectivity index is 0.000000221. The topological polar surface area (TPSA) is 69.9 Å². The van der Waals surface area contributed by atoms with Gasteiger partial charge in [-0.3, -0.25) is 0 Å². The van der Waals surface area contributed by atoms with Crippen LogP contribution in [0.4, 0.5) is 0 Å². The van der Waals surface area contributed by atoms with Crippen molar-refractivity contribution in [1.82, 2.24) is 0 Å². The van der Waals surface area contributed by atoms with Crippen LogP contribution < -0.4 is 4.65 Å². The lowest BCUT2D eigenvalue weighted by Crippen LogP contribution is -2.44. The summed E-state index contributed by atoms with van der Waals surface area (Å²) in [6.07, 6.45) is 0. The first-order valence-electron chi connectivity index (χ1n) is 6.32. The SMILES string of the molecule is CC(C)(O)C(C)(C)O.OBOc1cc2ccccc2s1. The van der Waals surface area contributed by atoms with E-state index >= 15 is 0 Å². The van der Waals surface area contributed by atoms with Gasteiger partial charge in [-0.15, -0.1) is 11.3 Å². The van der Waals surface area contributed by atoms with Gasteiger partial charge in [0.25, 0.3) is 0 Å². The van der Waals surface area contributed by atoms with Crippen LogP contribution in [0.25, 0.3) is 10.1 Å². The van der Waals surface area contributed by atoms with Crippen molar-refractivity contribution in [2.75, 3.05) is 0 Å². The lowest BCUT2D eigenvalue weighted by Gasteiger charge is -2.31. The fourth-order valence-electron chi connectivity index (χ4n) is 1.09. The Hall–Kier alpha value is -1.08. The number of hydrogen-bond donors (Lipinski definition) is 3. The predicted octanol–water partition coefficient (Wildman–Crippen LogP) is 2.07. The van der Waals surface area contributed by atoms with Crippen LogP contribution in [-0.2, 0) is 0 Å². The van der Waals surface area contributed by atoms with E-state index in [1.807, 2.05) is 30.3 Å². The second kappa shape index (κ2) is 6.58. The Morgan fingerprint density at radius 3 is 2.05 bits per heavy atom. The Morgan fingerprint density at radius 2 is 1.60 bits per heavy atom. The molecule has 1 aromatic carbocycles. The molecule has 0 aliphatic heterocycles. The van der Waals surface area contributed by atoms with Gasteiger partial charge in [0.2, 0.25) is 0 Å². The molecule has 2 aromatic rings. The first kappa shape index (κ1) is 17.0. The molecule has 4 nitrogen and oxygen atoms in total. The molecular formula is C14H21BO4S. The van der Waals surface area contributed by atoms with Gasteiger partial charge in [-0.05, 0) is 45.2 Å². The van der Waals surface area contributed by atoms with Crippen LogP contribution >= 0.6 is 11.3 Å². The maximum absolute atomic E-state index is 9.10. The van der Waals surface area contributed by atoms with E-state index in [0.717, 1.165) is 10.4 Å². The van der Waals surface area contributed by atoms with Crippen LogP contribution in [0.2, 0.25) is 0 Å². The van der Waals surface area contributed by atoms with Gasteiger partial charge in [0.15, 0.2) is 5.06 Å². The minimum Gasteiger partial charge on any atom is -0.531 e. The Kier molecular flexibility index (Phi) is 5.59. The number of rotatable bonds is 3. The third kappa shape index (κ3) is 4.79. The zero-order valence-electron chi connectivity index (χ0n) is 12.3. The van der Waals surface area contributed by atoms with Gasteiger partial charge in [0.05, 0.1) is 11.2 Å². The average Bonchev–Trinajstić information content (AvgIpc) is 2.69. The summed E-state index contributed by atoms with van der Waals surface area (Å²) in [5.41, 5.74) is -2.01. The normalized spacial score (nSPS) is 11.8. The molecule has 0 amide bonds. The molecule has 6 heteroatoms. The molecule has 1 aromatic heterocycles. The minimum atomic E-state index is -1.01. The van der Waals surface area contributed by atoms with Crippen LogP contribution in [0.5, 0.6) is 5.06 Å². The standard InChI is InChI=1S/C8H7BO2S.C6H14O2/c10-9-11-8-5-6-3-1-2-4-7(6)12-8;1-5(2,7)6(3,4)8/h1-5,9-10H;7-8H,1-4H3. The third-order valence-electron chi connectivity index (χ3n) is 3.11. The number of aliphatic hydroxyl groups is 2. The zero-order chi connectivity index (χ0) is 15.4. The van der Waals surface area contributed by atoms with E-state index in [1.165, 1.54) is 16.0 Å². The number of hydrogen-bond acceptors (Lipinski definition) is 5. The summed E-state index contributed by atoms with van der Waals surface area (Å²) in [6, 6.07) is 9.95. The maximum Gasteiger partial charge on any atom is 0.504 e. The van der Waals surface area contributed by atoms with Crippen LogP contribution in [0.15, 0.2) is 30.3 Å². The fourth-order valence-corrected chi connectivity index (χ4v) is 2.00. The summed E-state index contributed by atoms with van der Waals surface area (Å²) >= 11 is 1.54. The number of benzene rings is 1. The lowest BCUT2D eigenvalue weighted by atomic mass is 9.90. The molecule has 0 bridgehead atoms. The molecule has 0 fully saturated rings. The van der Waals surface area contributed by atoms with Crippen molar-refractivity contribution < 1.29 is 19.9 Å². The van der Waals surface area contributed by atoms with E-state index in [-0.39, 0.29) is 7.69 Å².